The normalized spacial score (nSPS) is 9.50. The van der Waals surface area contributed by atoms with Gasteiger partial charge in [0, 0.05) is 11.8 Å². The van der Waals surface area contributed by atoms with Crippen LogP contribution >= 0.6 is 0 Å². The molecule has 0 bridgehead atoms. The molecule has 0 radical (unpaired) electrons. The number of aromatic amines is 1. The van der Waals surface area contributed by atoms with Crippen LogP contribution in [0.5, 0.6) is 5.88 Å². The van der Waals surface area contributed by atoms with Crippen LogP contribution in [-0.4, -0.2) is 27.6 Å². The van der Waals surface area contributed by atoms with E-state index in [2.05, 4.69) is 14.9 Å². The first-order valence-corrected chi connectivity index (χ1v) is 2.73. The molecule has 3 N–H and O–H groups in total. The van der Waals surface area contributed by atoms with Gasteiger partial charge in [-0.2, -0.15) is 0 Å². The lowest BCUT2D eigenvalue weighted by atomic mass is 10.3. The zero-order valence-corrected chi connectivity index (χ0v) is 5.40. The summed E-state index contributed by atoms with van der Waals surface area (Å²) in [4.78, 5) is 0. The summed E-state index contributed by atoms with van der Waals surface area (Å²) >= 11 is 0. The average molecular weight is 142 g/mol. The predicted molar refractivity (Wildman–Crippen MR) is 34.1 cm³/mol. The summed E-state index contributed by atoms with van der Waals surface area (Å²) < 4.78 is 4.40. The lowest BCUT2D eigenvalue weighted by Gasteiger charge is -1.96. The molecule has 54 valence electrons. The highest BCUT2D eigenvalue weighted by atomic mass is 16.6. The maximum absolute atomic E-state index is 8.29. The van der Waals surface area contributed by atoms with Crippen LogP contribution in [0.3, 0.4) is 0 Å². The average Bonchev–Trinajstić information content (AvgIpc) is 2.13. The summed E-state index contributed by atoms with van der Waals surface area (Å²) in [5.41, 5.74) is 0.802. The molecule has 1 heterocycles. The van der Waals surface area contributed by atoms with Crippen LogP contribution in [-0.2, 0) is 0 Å². The van der Waals surface area contributed by atoms with Gasteiger partial charge in [-0.05, 0) is 6.92 Å². The van der Waals surface area contributed by atoms with Gasteiger partial charge < -0.3 is 14.7 Å². The van der Waals surface area contributed by atoms with Gasteiger partial charge in [0.15, 0.2) is 0 Å². The fraction of sp³-hybridized carbons (Fsp3) is 0.250. The molecule has 6 heteroatoms. The summed E-state index contributed by atoms with van der Waals surface area (Å²) in [5.74, 6) is 0.174. The van der Waals surface area contributed by atoms with Gasteiger partial charge in [0.2, 0.25) is 5.88 Å². The van der Waals surface area contributed by atoms with E-state index in [4.69, 9.17) is 10.0 Å². The molecule has 10 heavy (non-hydrogen) atoms. The number of nitrogens with zero attached hydrogens (tertiary/aromatic N) is 1. The summed E-state index contributed by atoms with van der Waals surface area (Å²) in [7, 11) is -1.80. The maximum Gasteiger partial charge on any atom is 0.708 e. The second-order valence-electron chi connectivity index (χ2n) is 1.83. The third-order valence-electron chi connectivity index (χ3n) is 0.909. The lowest BCUT2D eigenvalue weighted by molar-refractivity contribution is 0.283. The lowest BCUT2D eigenvalue weighted by Crippen LogP contribution is -2.20. The SMILES string of the molecule is Cc1cc(OB(O)O)n[nH]1. The molecule has 0 fully saturated rings. The van der Waals surface area contributed by atoms with Gasteiger partial charge in [-0.15, -0.1) is 5.10 Å². The van der Waals surface area contributed by atoms with Gasteiger partial charge in [-0.1, -0.05) is 0 Å². The third kappa shape index (κ3) is 1.75. The van der Waals surface area contributed by atoms with Crippen molar-refractivity contribution in [1.82, 2.24) is 10.2 Å². The van der Waals surface area contributed by atoms with E-state index in [0.29, 0.717) is 0 Å². The minimum Gasteiger partial charge on any atom is -0.497 e. The quantitative estimate of drug-likeness (QED) is 0.466. The highest BCUT2D eigenvalue weighted by Gasteiger charge is 2.12. The standard InChI is InChI=1S/C4H7BN2O3/c1-3-2-4(7-6-3)10-5(8)9/h2,8-9H,1H3,(H,6,7). The van der Waals surface area contributed by atoms with E-state index in [1.807, 2.05) is 0 Å². The number of rotatable bonds is 2. The predicted octanol–water partition coefficient (Wildman–Crippen LogP) is -0.934. The van der Waals surface area contributed by atoms with Crippen LogP contribution in [0, 0.1) is 6.92 Å². The Bertz CT molecular complexity index is 212. The van der Waals surface area contributed by atoms with Crippen molar-refractivity contribution in [2.24, 2.45) is 0 Å². The largest absolute Gasteiger partial charge is 0.708 e. The molecule has 5 nitrogen and oxygen atoms in total. The van der Waals surface area contributed by atoms with Crippen molar-refractivity contribution in [2.45, 2.75) is 6.92 Å². The Kier molecular flexibility index (Phi) is 1.93. The van der Waals surface area contributed by atoms with Crippen LogP contribution in [0.2, 0.25) is 0 Å². The summed E-state index contributed by atoms with van der Waals surface area (Å²) in [6, 6.07) is 1.56. The number of aryl methyl sites for hydroxylation is 1. The van der Waals surface area contributed by atoms with Crippen molar-refractivity contribution < 1.29 is 14.7 Å². The first-order chi connectivity index (χ1) is 4.68. The maximum atomic E-state index is 8.29. The van der Waals surface area contributed by atoms with Gasteiger partial charge in [0.25, 0.3) is 0 Å². The number of hydrogen-bond donors (Lipinski definition) is 3. The first-order valence-electron chi connectivity index (χ1n) is 2.73. The van der Waals surface area contributed by atoms with Gasteiger partial charge in [0.1, 0.15) is 0 Å². The Morgan fingerprint density at radius 2 is 2.40 bits per heavy atom. The number of hydrogen-bond acceptors (Lipinski definition) is 4. The van der Waals surface area contributed by atoms with E-state index in [1.165, 1.54) is 0 Å². The molecule has 0 aromatic carbocycles. The third-order valence-corrected chi connectivity index (χ3v) is 0.909. The minimum absolute atomic E-state index is 0.174. The Balaban J connectivity index is 2.58. The highest BCUT2D eigenvalue weighted by molar-refractivity contribution is 6.33. The number of nitrogens with one attached hydrogen (secondary N) is 1. The fourth-order valence-electron chi connectivity index (χ4n) is 0.561. The topological polar surface area (TPSA) is 78.4 Å². The molecule has 1 rings (SSSR count). The van der Waals surface area contributed by atoms with E-state index in [1.54, 1.807) is 13.0 Å². The van der Waals surface area contributed by atoms with Gasteiger partial charge in [0.05, 0.1) is 0 Å². The van der Waals surface area contributed by atoms with E-state index >= 15 is 0 Å². The molecule has 0 amide bonds. The highest BCUT2D eigenvalue weighted by Crippen LogP contribution is 2.05. The van der Waals surface area contributed by atoms with Crippen LogP contribution in [0.4, 0.5) is 0 Å². The molecular weight excluding hydrogens is 135 g/mol. The van der Waals surface area contributed by atoms with Crippen LogP contribution in [0.1, 0.15) is 5.69 Å². The van der Waals surface area contributed by atoms with E-state index in [9.17, 15) is 0 Å². The summed E-state index contributed by atoms with van der Waals surface area (Å²) in [6.07, 6.45) is 0. The molecule has 0 aliphatic heterocycles. The molecule has 1 aromatic rings. The van der Waals surface area contributed by atoms with Gasteiger partial charge in [-0.3, -0.25) is 5.10 Å². The van der Waals surface area contributed by atoms with Crippen molar-refractivity contribution in [3.63, 3.8) is 0 Å². The second kappa shape index (κ2) is 2.72. The summed E-state index contributed by atoms with van der Waals surface area (Å²) in [6.45, 7) is 1.78. The van der Waals surface area contributed by atoms with Crippen LogP contribution in [0.15, 0.2) is 6.07 Å². The van der Waals surface area contributed by atoms with Crippen molar-refractivity contribution in [3.05, 3.63) is 11.8 Å². The minimum atomic E-state index is -1.80. The van der Waals surface area contributed by atoms with Gasteiger partial charge >= 0.3 is 7.32 Å². The van der Waals surface area contributed by atoms with Crippen LogP contribution < -0.4 is 4.65 Å². The van der Waals surface area contributed by atoms with E-state index in [-0.39, 0.29) is 5.88 Å². The summed E-state index contributed by atoms with van der Waals surface area (Å²) in [5, 5.41) is 22.8. The first kappa shape index (κ1) is 7.11. The van der Waals surface area contributed by atoms with Crippen LogP contribution in [0.25, 0.3) is 0 Å². The zero-order chi connectivity index (χ0) is 7.56. The molecule has 0 spiro atoms. The van der Waals surface area contributed by atoms with E-state index < -0.39 is 7.32 Å². The molecule has 0 saturated heterocycles. The monoisotopic (exact) mass is 142 g/mol. The van der Waals surface area contributed by atoms with Crippen molar-refractivity contribution >= 4 is 7.32 Å². The Hall–Kier alpha value is -1.01. The van der Waals surface area contributed by atoms with Crippen molar-refractivity contribution in [2.75, 3.05) is 0 Å². The Labute approximate surface area is 57.8 Å². The van der Waals surface area contributed by atoms with E-state index in [0.717, 1.165) is 5.69 Å². The second-order valence-corrected chi connectivity index (χ2v) is 1.83. The van der Waals surface area contributed by atoms with Crippen molar-refractivity contribution in [1.29, 1.82) is 0 Å². The number of aromatic nitrogens is 2. The van der Waals surface area contributed by atoms with Gasteiger partial charge in [-0.25, -0.2) is 0 Å². The molecule has 0 saturated carbocycles. The molecule has 0 aliphatic rings. The molecular formula is C4H7BN2O3. The smallest absolute Gasteiger partial charge is 0.497 e. The molecule has 1 aromatic heterocycles. The molecule has 0 atom stereocenters. The zero-order valence-electron chi connectivity index (χ0n) is 5.40. The molecule has 0 unspecified atom stereocenters. The Morgan fingerprint density at radius 1 is 1.70 bits per heavy atom. The fourth-order valence-corrected chi connectivity index (χ4v) is 0.561. The Morgan fingerprint density at radius 3 is 2.80 bits per heavy atom. The molecule has 0 aliphatic carbocycles. The van der Waals surface area contributed by atoms with Crippen molar-refractivity contribution in [3.8, 4) is 5.88 Å². The number of H-pyrrole nitrogens is 1.